The van der Waals surface area contributed by atoms with E-state index < -0.39 is 21.6 Å². The summed E-state index contributed by atoms with van der Waals surface area (Å²) in [5, 5.41) is 0.648. The van der Waals surface area contributed by atoms with Crippen LogP contribution in [0, 0.1) is 0 Å². The van der Waals surface area contributed by atoms with Crippen LogP contribution in [0.3, 0.4) is 0 Å². The summed E-state index contributed by atoms with van der Waals surface area (Å²) < 4.78 is 31.5. The zero-order chi connectivity index (χ0) is 15.5. The summed E-state index contributed by atoms with van der Waals surface area (Å²) in [6.07, 6.45) is 2.51. The van der Waals surface area contributed by atoms with Gasteiger partial charge in [0.05, 0.1) is 11.5 Å². The quantitative estimate of drug-likeness (QED) is 0.769. The molecule has 0 unspecified atom stereocenters. The van der Waals surface area contributed by atoms with Crippen molar-refractivity contribution in [3.8, 4) is 0 Å². The van der Waals surface area contributed by atoms with E-state index in [2.05, 4.69) is 0 Å². The lowest BCUT2D eigenvalue weighted by atomic mass is 10.2. The molecule has 0 spiro atoms. The molecule has 0 aliphatic heterocycles. The minimum atomic E-state index is -3.70. The molecule has 1 heterocycles. The Morgan fingerprint density at radius 2 is 1.95 bits per heavy atom. The molecule has 0 N–H and O–H groups in total. The first-order valence-corrected chi connectivity index (χ1v) is 8.61. The van der Waals surface area contributed by atoms with Crippen molar-refractivity contribution in [3.63, 3.8) is 0 Å². The predicted molar refractivity (Wildman–Crippen MR) is 80.9 cm³/mol. The van der Waals surface area contributed by atoms with E-state index in [-0.39, 0.29) is 11.5 Å². The molecule has 114 valence electrons. The molecule has 0 radical (unpaired) electrons. The Labute approximate surface area is 124 Å². The van der Waals surface area contributed by atoms with E-state index in [0.717, 1.165) is 18.5 Å². The van der Waals surface area contributed by atoms with Gasteiger partial charge in [0.15, 0.2) is 15.6 Å². The van der Waals surface area contributed by atoms with Crippen molar-refractivity contribution in [3.05, 3.63) is 30.5 Å². The van der Waals surface area contributed by atoms with E-state index in [9.17, 15) is 13.2 Å². The van der Waals surface area contributed by atoms with Gasteiger partial charge in [-0.2, -0.15) is 0 Å². The molecule has 5 nitrogen and oxygen atoms in total. The molecule has 2 aromatic rings. The number of aryl methyl sites for hydroxylation is 1. The smallest absolute Gasteiger partial charge is 0.321 e. The highest BCUT2D eigenvalue weighted by atomic mass is 32.2. The van der Waals surface area contributed by atoms with Crippen molar-refractivity contribution in [2.45, 2.75) is 31.7 Å². The van der Waals surface area contributed by atoms with Gasteiger partial charge in [-0.05, 0) is 19.4 Å². The molecular weight excluding hydrogens is 290 g/mol. The number of aromatic nitrogens is 1. The number of benzene rings is 1. The van der Waals surface area contributed by atoms with E-state index in [0.29, 0.717) is 5.39 Å². The van der Waals surface area contributed by atoms with Gasteiger partial charge in [-0.1, -0.05) is 25.1 Å². The maximum absolute atomic E-state index is 12.4. The topological polar surface area (TPSA) is 65.4 Å². The summed E-state index contributed by atoms with van der Waals surface area (Å²) in [4.78, 5) is 11.7. The van der Waals surface area contributed by atoms with Gasteiger partial charge in [-0.15, -0.1) is 0 Å². The number of para-hydroxylation sites is 1. The number of hydrogen-bond donors (Lipinski definition) is 0. The molecule has 2 rings (SSSR count). The number of fused-ring (bicyclic) bond motifs is 1. The van der Waals surface area contributed by atoms with Crippen molar-refractivity contribution >= 4 is 26.7 Å². The third kappa shape index (κ3) is 3.26. The molecule has 0 aliphatic rings. The van der Waals surface area contributed by atoms with Crippen LogP contribution in [0.4, 0.5) is 0 Å². The maximum atomic E-state index is 12.4. The predicted octanol–water partition coefficient (Wildman–Crippen LogP) is 2.39. The number of rotatable bonds is 6. The molecule has 0 atom stereocenters. The van der Waals surface area contributed by atoms with Crippen LogP contribution in [0.2, 0.25) is 0 Å². The number of esters is 1. The first-order valence-electron chi connectivity index (χ1n) is 6.95. The molecular formula is C15H19NO4S. The van der Waals surface area contributed by atoms with Crippen LogP contribution in [0.1, 0.15) is 20.3 Å². The third-order valence-electron chi connectivity index (χ3n) is 3.16. The van der Waals surface area contributed by atoms with Crippen molar-refractivity contribution in [2.24, 2.45) is 0 Å². The highest BCUT2D eigenvalue weighted by Gasteiger charge is 2.24. The van der Waals surface area contributed by atoms with Gasteiger partial charge in [0.25, 0.3) is 0 Å². The largest absolute Gasteiger partial charge is 0.465 e. The molecule has 0 saturated carbocycles. The van der Waals surface area contributed by atoms with Crippen molar-refractivity contribution in [1.29, 1.82) is 0 Å². The Kier molecular flexibility index (Phi) is 4.67. The average Bonchev–Trinajstić information content (AvgIpc) is 2.79. The van der Waals surface area contributed by atoms with Gasteiger partial charge in [-0.3, -0.25) is 4.79 Å². The van der Waals surface area contributed by atoms with E-state index in [1.54, 1.807) is 25.3 Å². The summed E-state index contributed by atoms with van der Waals surface area (Å²) in [5.74, 6) is -1.34. The molecule has 0 aliphatic carbocycles. The first kappa shape index (κ1) is 15.6. The van der Waals surface area contributed by atoms with E-state index in [1.807, 2.05) is 23.6 Å². The van der Waals surface area contributed by atoms with Crippen molar-refractivity contribution in [2.75, 3.05) is 12.4 Å². The summed E-state index contributed by atoms with van der Waals surface area (Å²) in [6.45, 7) is 4.58. The summed E-state index contributed by atoms with van der Waals surface area (Å²) in [7, 11) is -3.70. The van der Waals surface area contributed by atoms with Crippen LogP contribution in [0.5, 0.6) is 0 Å². The van der Waals surface area contributed by atoms with Crippen molar-refractivity contribution < 1.29 is 17.9 Å². The number of sulfone groups is 1. The molecule has 1 aromatic heterocycles. The average molecular weight is 309 g/mol. The number of nitrogens with zero attached hydrogens (tertiary/aromatic N) is 1. The zero-order valence-electron chi connectivity index (χ0n) is 12.2. The van der Waals surface area contributed by atoms with Crippen LogP contribution in [0.25, 0.3) is 10.9 Å². The van der Waals surface area contributed by atoms with Gasteiger partial charge >= 0.3 is 5.97 Å². The molecule has 0 bridgehead atoms. The summed E-state index contributed by atoms with van der Waals surface area (Å²) >= 11 is 0. The van der Waals surface area contributed by atoms with Crippen LogP contribution < -0.4 is 0 Å². The molecule has 0 saturated heterocycles. The number of hydrogen-bond acceptors (Lipinski definition) is 4. The van der Waals surface area contributed by atoms with Crippen LogP contribution in [0.15, 0.2) is 35.4 Å². The monoisotopic (exact) mass is 309 g/mol. The van der Waals surface area contributed by atoms with Gasteiger partial charge < -0.3 is 9.30 Å². The third-order valence-corrected chi connectivity index (χ3v) is 4.78. The maximum Gasteiger partial charge on any atom is 0.321 e. The van der Waals surface area contributed by atoms with E-state index in [1.165, 1.54) is 0 Å². The Bertz CT molecular complexity index is 746. The Balaban J connectivity index is 2.48. The SMILES string of the molecule is CCCn1cc(S(=O)(=O)CC(=O)OCC)c2ccccc21. The lowest BCUT2D eigenvalue weighted by Gasteiger charge is -2.03. The Morgan fingerprint density at radius 3 is 2.62 bits per heavy atom. The fraction of sp³-hybridized carbons (Fsp3) is 0.400. The van der Waals surface area contributed by atoms with Gasteiger partial charge in [0.2, 0.25) is 0 Å². The fourth-order valence-electron chi connectivity index (χ4n) is 2.32. The van der Waals surface area contributed by atoms with Crippen LogP contribution in [-0.4, -0.2) is 31.3 Å². The van der Waals surface area contributed by atoms with E-state index >= 15 is 0 Å². The molecule has 6 heteroatoms. The normalized spacial score (nSPS) is 11.7. The second kappa shape index (κ2) is 6.30. The number of carbonyl (C=O) groups is 1. The molecule has 0 fully saturated rings. The van der Waals surface area contributed by atoms with E-state index in [4.69, 9.17) is 4.74 Å². The lowest BCUT2D eigenvalue weighted by molar-refractivity contribution is -0.139. The van der Waals surface area contributed by atoms with Crippen LogP contribution >= 0.6 is 0 Å². The lowest BCUT2D eigenvalue weighted by Crippen LogP contribution is -2.18. The second-order valence-electron chi connectivity index (χ2n) is 4.77. The summed E-state index contributed by atoms with van der Waals surface area (Å²) in [6, 6.07) is 7.31. The minimum absolute atomic E-state index is 0.173. The van der Waals surface area contributed by atoms with Crippen molar-refractivity contribution in [1.82, 2.24) is 4.57 Å². The summed E-state index contributed by atoms with van der Waals surface area (Å²) in [5.41, 5.74) is 0.863. The Morgan fingerprint density at radius 1 is 1.24 bits per heavy atom. The van der Waals surface area contributed by atoms with Crippen LogP contribution in [-0.2, 0) is 25.9 Å². The van der Waals surface area contributed by atoms with Gasteiger partial charge in [0.1, 0.15) is 0 Å². The number of carbonyl (C=O) groups excluding carboxylic acids is 1. The second-order valence-corrected chi connectivity index (χ2v) is 6.73. The highest BCUT2D eigenvalue weighted by molar-refractivity contribution is 7.92. The van der Waals surface area contributed by atoms with Gasteiger partial charge in [0, 0.05) is 23.6 Å². The molecule has 0 amide bonds. The zero-order valence-corrected chi connectivity index (χ0v) is 13.0. The highest BCUT2D eigenvalue weighted by Crippen LogP contribution is 2.26. The van der Waals surface area contributed by atoms with Gasteiger partial charge in [-0.25, -0.2) is 8.42 Å². The first-order chi connectivity index (χ1) is 9.99. The molecule has 21 heavy (non-hydrogen) atoms. The standard InChI is InChI=1S/C15H19NO4S/c1-3-9-16-10-14(12-7-5-6-8-13(12)16)21(18,19)11-15(17)20-4-2/h5-8,10H,3-4,9,11H2,1-2H3. The fourth-order valence-corrected chi connectivity index (χ4v) is 3.67. The number of ether oxygens (including phenoxy) is 1. The molecule has 1 aromatic carbocycles. The minimum Gasteiger partial charge on any atom is -0.465 e. The Hall–Kier alpha value is -1.82.